The summed E-state index contributed by atoms with van der Waals surface area (Å²) in [5, 5.41) is 12.9. The minimum Gasteiger partial charge on any atom is -0.479 e. The molecule has 4 rings (SSSR count). The molecule has 1 amide bonds. The number of ether oxygens (including phenoxy) is 1. The zero-order valence-corrected chi connectivity index (χ0v) is 18.3. The van der Waals surface area contributed by atoms with Crippen LogP contribution in [0.2, 0.25) is 5.02 Å². The van der Waals surface area contributed by atoms with Crippen LogP contribution in [0.4, 0.5) is 0 Å². The second-order valence-electron chi connectivity index (χ2n) is 7.99. The van der Waals surface area contributed by atoms with Gasteiger partial charge in [0.2, 0.25) is 0 Å². The quantitative estimate of drug-likeness (QED) is 0.525. The molecule has 1 heterocycles. The van der Waals surface area contributed by atoms with E-state index in [2.05, 4.69) is 5.32 Å². The van der Waals surface area contributed by atoms with Gasteiger partial charge in [0.25, 0.3) is 5.91 Å². The fourth-order valence-corrected chi connectivity index (χ4v) is 4.31. The van der Waals surface area contributed by atoms with Gasteiger partial charge in [0.05, 0.1) is 10.6 Å². The Morgan fingerprint density at radius 3 is 2.44 bits per heavy atom. The molecule has 32 heavy (non-hydrogen) atoms. The molecule has 3 aromatic carbocycles. The van der Waals surface area contributed by atoms with Crippen molar-refractivity contribution in [3.63, 3.8) is 0 Å². The van der Waals surface area contributed by atoms with Crippen LogP contribution in [0.5, 0.6) is 0 Å². The molecule has 1 saturated heterocycles. The second-order valence-corrected chi connectivity index (χ2v) is 8.40. The molecule has 5 nitrogen and oxygen atoms in total. The molecule has 0 aliphatic carbocycles. The molecule has 0 aromatic heterocycles. The van der Waals surface area contributed by atoms with Gasteiger partial charge < -0.3 is 15.2 Å². The number of hydrogen-bond acceptors (Lipinski definition) is 3. The number of aliphatic carboxylic acids is 1. The van der Waals surface area contributed by atoms with Crippen LogP contribution in [0.1, 0.15) is 34.3 Å². The maximum atomic E-state index is 12.7. The van der Waals surface area contributed by atoms with Gasteiger partial charge in [0, 0.05) is 19.6 Å². The van der Waals surface area contributed by atoms with E-state index in [9.17, 15) is 14.7 Å². The maximum Gasteiger partial charge on any atom is 0.336 e. The van der Waals surface area contributed by atoms with Crippen molar-refractivity contribution in [1.82, 2.24) is 5.32 Å². The van der Waals surface area contributed by atoms with Gasteiger partial charge in [-0.3, -0.25) is 4.79 Å². The summed E-state index contributed by atoms with van der Waals surface area (Å²) in [7, 11) is 0. The van der Waals surface area contributed by atoms with E-state index < -0.39 is 11.6 Å². The third kappa shape index (κ3) is 4.85. The van der Waals surface area contributed by atoms with Crippen molar-refractivity contribution >= 4 is 23.5 Å². The number of carboxylic acid groups (broad SMARTS) is 1. The van der Waals surface area contributed by atoms with Crippen LogP contribution in [-0.2, 0) is 22.5 Å². The molecule has 164 valence electrons. The van der Waals surface area contributed by atoms with Crippen LogP contribution in [0.15, 0.2) is 72.8 Å². The van der Waals surface area contributed by atoms with Crippen LogP contribution < -0.4 is 5.32 Å². The Morgan fingerprint density at radius 2 is 1.75 bits per heavy atom. The summed E-state index contributed by atoms with van der Waals surface area (Å²) in [5.41, 5.74) is 2.98. The third-order valence-electron chi connectivity index (χ3n) is 5.75. The van der Waals surface area contributed by atoms with Crippen LogP contribution in [0.3, 0.4) is 0 Å². The fraction of sp³-hybridized carbons (Fsp3) is 0.231. The van der Waals surface area contributed by atoms with Crippen LogP contribution >= 0.6 is 11.6 Å². The highest BCUT2D eigenvalue weighted by Gasteiger charge is 2.42. The van der Waals surface area contributed by atoms with E-state index in [0.29, 0.717) is 36.6 Å². The van der Waals surface area contributed by atoms with E-state index in [4.69, 9.17) is 16.3 Å². The van der Waals surface area contributed by atoms with Gasteiger partial charge in [-0.2, -0.15) is 0 Å². The summed E-state index contributed by atoms with van der Waals surface area (Å²) in [5.74, 6) is -1.19. The Bertz CT molecular complexity index is 1120. The highest BCUT2D eigenvalue weighted by Crippen LogP contribution is 2.30. The lowest BCUT2D eigenvalue weighted by atomic mass is 9.91. The van der Waals surface area contributed by atoms with E-state index in [0.717, 1.165) is 28.7 Å². The standard InChI is InChI=1S/C26H24ClNO4/c27-23-15-21(20-8-2-1-3-9-20)10-11-22(23)24(29)28-17-19-7-4-6-18(14-19)16-26(25(30)31)12-5-13-32-26/h1-4,6-11,14-15H,5,12-13,16-17H2,(H,28,29)(H,30,31). The molecule has 1 unspecified atom stereocenters. The Balaban J connectivity index is 1.42. The minimum absolute atomic E-state index is 0.263. The number of nitrogens with one attached hydrogen (secondary N) is 1. The molecule has 6 heteroatoms. The van der Waals surface area contributed by atoms with Crippen molar-refractivity contribution in [3.05, 3.63) is 94.5 Å². The predicted molar refractivity (Wildman–Crippen MR) is 124 cm³/mol. The number of carbonyl (C=O) groups excluding carboxylic acids is 1. The Kier molecular flexibility index (Phi) is 6.58. The van der Waals surface area contributed by atoms with Gasteiger partial charge in [0.1, 0.15) is 0 Å². The van der Waals surface area contributed by atoms with E-state index in [-0.39, 0.29) is 5.91 Å². The van der Waals surface area contributed by atoms with E-state index in [1.54, 1.807) is 12.1 Å². The molecule has 1 fully saturated rings. The van der Waals surface area contributed by atoms with E-state index >= 15 is 0 Å². The first kappa shape index (κ1) is 22.1. The zero-order chi connectivity index (χ0) is 22.6. The van der Waals surface area contributed by atoms with Crippen molar-refractivity contribution in [2.75, 3.05) is 6.61 Å². The number of amides is 1. The zero-order valence-electron chi connectivity index (χ0n) is 17.5. The topological polar surface area (TPSA) is 75.6 Å². The number of carboxylic acids is 1. The molecule has 0 spiro atoms. The largest absolute Gasteiger partial charge is 0.479 e. The lowest BCUT2D eigenvalue weighted by Gasteiger charge is -2.23. The third-order valence-corrected chi connectivity index (χ3v) is 6.06. The molecule has 2 N–H and O–H groups in total. The Morgan fingerprint density at radius 1 is 0.969 bits per heavy atom. The molecule has 3 aromatic rings. The summed E-state index contributed by atoms with van der Waals surface area (Å²) < 4.78 is 5.57. The van der Waals surface area contributed by atoms with Crippen molar-refractivity contribution in [3.8, 4) is 11.1 Å². The van der Waals surface area contributed by atoms with Gasteiger partial charge in [-0.15, -0.1) is 0 Å². The smallest absolute Gasteiger partial charge is 0.336 e. The molecule has 0 radical (unpaired) electrons. The molecule has 1 atom stereocenters. The van der Waals surface area contributed by atoms with Crippen molar-refractivity contribution in [2.24, 2.45) is 0 Å². The molecule has 0 saturated carbocycles. The van der Waals surface area contributed by atoms with Gasteiger partial charge >= 0.3 is 5.97 Å². The van der Waals surface area contributed by atoms with Gasteiger partial charge in [0.15, 0.2) is 5.60 Å². The van der Waals surface area contributed by atoms with Crippen LogP contribution in [-0.4, -0.2) is 29.2 Å². The summed E-state index contributed by atoms with van der Waals surface area (Å²) in [6, 6.07) is 22.8. The number of hydrogen-bond donors (Lipinski definition) is 2. The number of benzene rings is 3. The summed E-state index contributed by atoms with van der Waals surface area (Å²) in [6.45, 7) is 0.774. The number of rotatable bonds is 7. The average molecular weight is 450 g/mol. The first-order chi connectivity index (χ1) is 15.5. The lowest BCUT2D eigenvalue weighted by molar-refractivity contribution is -0.159. The predicted octanol–water partition coefficient (Wildman–Crippen LogP) is 5.11. The van der Waals surface area contributed by atoms with Crippen molar-refractivity contribution in [2.45, 2.75) is 31.4 Å². The minimum atomic E-state index is -1.16. The lowest BCUT2D eigenvalue weighted by Crippen LogP contribution is -2.40. The first-order valence-electron chi connectivity index (χ1n) is 10.6. The number of halogens is 1. The summed E-state index contributed by atoms with van der Waals surface area (Å²) in [4.78, 5) is 24.4. The normalized spacial score (nSPS) is 17.8. The van der Waals surface area contributed by atoms with Crippen molar-refractivity contribution in [1.29, 1.82) is 0 Å². The maximum absolute atomic E-state index is 12.7. The van der Waals surface area contributed by atoms with Gasteiger partial charge in [-0.25, -0.2) is 4.79 Å². The molecule has 1 aliphatic heterocycles. The van der Waals surface area contributed by atoms with Gasteiger partial charge in [-0.05, 0) is 47.2 Å². The molecule has 0 bridgehead atoms. The summed E-state index contributed by atoms with van der Waals surface area (Å²) in [6.07, 6.45) is 1.55. The molecule has 1 aliphatic rings. The monoisotopic (exact) mass is 449 g/mol. The van der Waals surface area contributed by atoms with Crippen LogP contribution in [0.25, 0.3) is 11.1 Å². The van der Waals surface area contributed by atoms with Crippen LogP contribution in [0, 0.1) is 0 Å². The molecular formula is C26H24ClNO4. The summed E-state index contributed by atoms with van der Waals surface area (Å²) >= 11 is 6.39. The highest BCUT2D eigenvalue weighted by atomic mass is 35.5. The Hall–Kier alpha value is -3.15. The van der Waals surface area contributed by atoms with E-state index in [1.165, 1.54) is 0 Å². The van der Waals surface area contributed by atoms with E-state index in [1.807, 2.05) is 60.7 Å². The number of carbonyl (C=O) groups is 2. The highest BCUT2D eigenvalue weighted by molar-refractivity contribution is 6.34. The SMILES string of the molecule is O=C(NCc1cccc(CC2(C(=O)O)CCCO2)c1)c1ccc(-c2ccccc2)cc1Cl. The molecular weight excluding hydrogens is 426 g/mol. The van der Waals surface area contributed by atoms with Crippen molar-refractivity contribution < 1.29 is 19.4 Å². The fourth-order valence-electron chi connectivity index (χ4n) is 4.05. The second kappa shape index (κ2) is 9.55. The Labute approximate surface area is 192 Å². The van der Waals surface area contributed by atoms with Gasteiger partial charge in [-0.1, -0.05) is 72.3 Å². The first-order valence-corrected chi connectivity index (χ1v) is 10.9. The average Bonchev–Trinajstić information content (AvgIpc) is 3.28.